The molecule has 2 bridgehead atoms. The fourth-order valence-electron chi connectivity index (χ4n) is 7.15. The maximum absolute atomic E-state index is 14.4. The number of nitro groups is 1. The van der Waals surface area contributed by atoms with Gasteiger partial charge < -0.3 is 0 Å². The van der Waals surface area contributed by atoms with Crippen LogP contribution in [-0.4, -0.2) is 45.0 Å². The van der Waals surface area contributed by atoms with Gasteiger partial charge in [0.15, 0.2) is 5.78 Å². The monoisotopic (exact) mass is 585 g/mol. The molecular formula is C35H27N3O6. The largest absolute Gasteiger partial charge is 0.292 e. The molecule has 0 aromatic heterocycles. The lowest BCUT2D eigenvalue weighted by Crippen LogP contribution is -2.52. The number of aryl methyl sites for hydroxylation is 2. The highest BCUT2D eigenvalue weighted by Crippen LogP contribution is 2.61. The molecule has 3 aliphatic carbocycles. The smallest absolute Gasteiger partial charge is 0.273 e. The third-order valence-electron chi connectivity index (χ3n) is 9.35. The zero-order valence-corrected chi connectivity index (χ0v) is 24.0. The quantitative estimate of drug-likeness (QED) is 0.130. The van der Waals surface area contributed by atoms with Crippen molar-refractivity contribution in [3.63, 3.8) is 0 Å². The molecule has 1 fully saturated rings. The number of non-ortho nitro benzene ring substituents is 1. The summed E-state index contributed by atoms with van der Waals surface area (Å²) in [5.41, 5.74) is 5.95. The number of benzene rings is 4. The Morgan fingerprint density at radius 3 is 1.66 bits per heavy atom. The number of nitrogens with zero attached hydrogens (tertiary/aromatic N) is 3. The summed E-state index contributed by atoms with van der Waals surface area (Å²) >= 11 is 0. The van der Waals surface area contributed by atoms with Crippen molar-refractivity contribution >= 4 is 29.2 Å². The minimum absolute atomic E-state index is 0.00787. The van der Waals surface area contributed by atoms with Crippen LogP contribution in [0.3, 0.4) is 0 Å². The molecule has 1 heterocycles. The number of carbonyl (C=O) groups excluding carboxylic acids is 4. The van der Waals surface area contributed by atoms with E-state index in [-0.39, 0.29) is 23.1 Å². The molecule has 1 saturated heterocycles. The third kappa shape index (κ3) is 4.00. The Hall–Kier alpha value is -5.44. The first-order valence-electron chi connectivity index (χ1n) is 14.4. The lowest BCUT2D eigenvalue weighted by molar-refractivity contribution is -0.384. The van der Waals surface area contributed by atoms with Gasteiger partial charge in [0.1, 0.15) is 6.54 Å². The summed E-state index contributed by atoms with van der Waals surface area (Å²) in [7, 11) is 0. The van der Waals surface area contributed by atoms with Crippen molar-refractivity contribution < 1.29 is 24.1 Å². The van der Waals surface area contributed by atoms with E-state index in [1.165, 1.54) is 24.3 Å². The van der Waals surface area contributed by atoms with Crippen LogP contribution in [0.25, 0.3) is 0 Å². The summed E-state index contributed by atoms with van der Waals surface area (Å²) in [5.74, 6) is -4.57. The van der Waals surface area contributed by atoms with E-state index in [1.54, 1.807) is 18.2 Å². The van der Waals surface area contributed by atoms with E-state index in [9.17, 15) is 29.3 Å². The molecule has 0 spiro atoms. The van der Waals surface area contributed by atoms with Gasteiger partial charge in [-0.1, -0.05) is 60.7 Å². The minimum atomic E-state index is -0.778. The second-order valence-corrected chi connectivity index (χ2v) is 11.6. The predicted molar refractivity (Wildman–Crippen MR) is 160 cm³/mol. The van der Waals surface area contributed by atoms with Crippen LogP contribution in [-0.2, 0) is 9.59 Å². The van der Waals surface area contributed by atoms with Crippen molar-refractivity contribution in [2.75, 3.05) is 6.54 Å². The van der Waals surface area contributed by atoms with Crippen LogP contribution in [0.15, 0.2) is 91.0 Å². The van der Waals surface area contributed by atoms with E-state index in [1.807, 2.05) is 62.4 Å². The standard InChI is InChI=1S/C35H27N3O6/c1-19-11-12-22(17-20(19)2)28(39)18-36(33(40)21-13-15-23(16-14-21)38(43)44)37-34(41)31-29-24-7-3-4-8-25(24)30(32(31)35(37)42)27-10-6-5-9-26(27)29/h3-17,29-32H,18H2,1-2H3/t29?,30?,31-,32-/m1/s1. The number of hydrogen-bond donors (Lipinski definition) is 0. The molecule has 1 aliphatic heterocycles. The summed E-state index contributed by atoms with van der Waals surface area (Å²) in [6.07, 6.45) is 0. The summed E-state index contributed by atoms with van der Waals surface area (Å²) in [6, 6.07) is 25.7. The van der Waals surface area contributed by atoms with Crippen molar-refractivity contribution in [2.24, 2.45) is 11.8 Å². The highest BCUT2D eigenvalue weighted by Gasteiger charge is 2.63. The van der Waals surface area contributed by atoms with Crippen molar-refractivity contribution in [2.45, 2.75) is 25.7 Å². The number of Topliss-reactive ketones (excluding diaryl/α,β-unsaturated/α-hetero) is 1. The van der Waals surface area contributed by atoms with Crippen LogP contribution in [0.5, 0.6) is 0 Å². The van der Waals surface area contributed by atoms with Crippen LogP contribution in [0.4, 0.5) is 5.69 Å². The highest BCUT2D eigenvalue weighted by atomic mass is 16.6. The van der Waals surface area contributed by atoms with E-state index in [0.29, 0.717) is 5.56 Å². The van der Waals surface area contributed by atoms with E-state index >= 15 is 0 Å². The Labute approximate surface area is 252 Å². The molecule has 4 aliphatic rings. The molecule has 4 aromatic rings. The lowest BCUT2D eigenvalue weighted by Gasteiger charge is -2.45. The number of carbonyl (C=O) groups is 4. The summed E-state index contributed by atoms with van der Waals surface area (Å²) in [5, 5.41) is 13.0. The number of amides is 3. The number of ketones is 1. The van der Waals surface area contributed by atoms with Crippen molar-refractivity contribution in [1.82, 2.24) is 10.0 Å². The summed E-state index contributed by atoms with van der Waals surface area (Å²) in [4.78, 5) is 67.2. The number of imide groups is 1. The van der Waals surface area contributed by atoms with Gasteiger partial charge in [-0.3, -0.25) is 29.3 Å². The van der Waals surface area contributed by atoms with Gasteiger partial charge in [0.2, 0.25) is 0 Å². The minimum Gasteiger partial charge on any atom is -0.292 e. The fourth-order valence-corrected chi connectivity index (χ4v) is 7.15. The van der Waals surface area contributed by atoms with Crippen LogP contribution >= 0.6 is 0 Å². The molecule has 4 aromatic carbocycles. The Morgan fingerprint density at radius 2 is 1.20 bits per heavy atom. The molecule has 0 saturated carbocycles. The maximum Gasteiger partial charge on any atom is 0.273 e. The molecule has 8 rings (SSSR count). The van der Waals surface area contributed by atoms with E-state index in [0.717, 1.165) is 43.4 Å². The zero-order chi connectivity index (χ0) is 30.9. The molecule has 44 heavy (non-hydrogen) atoms. The first-order valence-corrected chi connectivity index (χ1v) is 14.4. The van der Waals surface area contributed by atoms with Crippen LogP contribution < -0.4 is 0 Å². The molecule has 218 valence electrons. The van der Waals surface area contributed by atoms with Crippen molar-refractivity contribution in [1.29, 1.82) is 0 Å². The van der Waals surface area contributed by atoms with Crippen molar-refractivity contribution in [3.8, 4) is 0 Å². The third-order valence-corrected chi connectivity index (χ3v) is 9.35. The van der Waals surface area contributed by atoms with E-state index in [4.69, 9.17) is 0 Å². The Morgan fingerprint density at radius 1 is 0.727 bits per heavy atom. The predicted octanol–water partition coefficient (Wildman–Crippen LogP) is 5.34. The van der Waals surface area contributed by atoms with Gasteiger partial charge in [-0.15, -0.1) is 0 Å². The Kier molecular flexibility index (Phi) is 6.28. The van der Waals surface area contributed by atoms with Gasteiger partial charge in [0.25, 0.3) is 23.4 Å². The number of hydrogen-bond acceptors (Lipinski definition) is 6. The van der Waals surface area contributed by atoms with Gasteiger partial charge in [-0.05, 0) is 65.4 Å². The van der Waals surface area contributed by atoms with Crippen LogP contribution in [0.2, 0.25) is 0 Å². The van der Waals surface area contributed by atoms with E-state index in [2.05, 4.69) is 0 Å². The molecule has 2 atom stereocenters. The second-order valence-electron chi connectivity index (χ2n) is 11.6. The van der Waals surface area contributed by atoms with Gasteiger partial charge in [-0.2, -0.15) is 5.01 Å². The Balaban J connectivity index is 1.32. The SMILES string of the molecule is Cc1ccc(C(=O)CN(C(=O)c2ccc([N+](=O)[O-])cc2)N2C(=O)[C@@H]3C4c5ccccc5C(c5ccccc54)[C@H]3C2=O)cc1C. The summed E-state index contributed by atoms with van der Waals surface area (Å²) < 4.78 is 0. The molecular weight excluding hydrogens is 558 g/mol. The average Bonchev–Trinajstić information content (AvgIpc) is 3.30. The van der Waals surface area contributed by atoms with E-state index < -0.39 is 46.8 Å². The molecule has 9 heteroatoms. The highest BCUT2D eigenvalue weighted by molar-refractivity contribution is 6.11. The lowest BCUT2D eigenvalue weighted by atomic mass is 9.55. The number of hydrazine groups is 1. The first-order chi connectivity index (χ1) is 21.2. The fraction of sp³-hybridized carbons (Fsp3) is 0.200. The van der Waals surface area contributed by atoms with Gasteiger partial charge in [0.05, 0.1) is 16.8 Å². The molecule has 0 radical (unpaired) electrons. The molecule has 3 amide bonds. The summed E-state index contributed by atoms with van der Waals surface area (Å²) in [6.45, 7) is 3.22. The molecule has 0 unspecified atom stereocenters. The van der Waals surface area contributed by atoms with Gasteiger partial charge in [-0.25, -0.2) is 5.01 Å². The first kappa shape index (κ1) is 27.4. The number of nitro benzene ring substituents is 1. The maximum atomic E-state index is 14.4. The molecule has 0 N–H and O–H groups in total. The van der Waals surface area contributed by atoms with Crippen LogP contribution in [0.1, 0.15) is 65.9 Å². The Bertz CT molecular complexity index is 1800. The van der Waals surface area contributed by atoms with Crippen LogP contribution in [0, 0.1) is 35.8 Å². The van der Waals surface area contributed by atoms with Gasteiger partial charge in [0, 0.05) is 35.1 Å². The topological polar surface area (TPSA) is 118 Å². The van der Waals surface area contributed by atoms with Crippen molar-refractivity contribution in [3.05, 3.63) is 146 Å². The normalized spacial score (nSPS) is 21.0. The molecule has 9 nitrogen and oxygen atoms in total. The second kappa shape index (κ2) is 10.1. The van der Waals surface area contributed by atoms with Gasteiger partial charge >= 0.3 is 0 Å². The zero-order valence-electron chi connectivity index (χ0n) is 24.0. The number of rotatable bonds is 6. The average molecular weight is 586 g/mol.